The lowest BCUT2D eigenvalue weighted by molar-refractivity contribution is -0.143. The first kappa shape index (κ1) is 26.0. The Kier molecular flexibility index (Phi) is 8.57. The zero-order valence-corrected chi connectivity index (χ0v) is 20.7. The van der Waals surface area contributed by atoms with E-state index in [-0.39, 0.29) is 23.3 Å². The van der Waals surface area contributed by atoms with Crippen LogP contribution in [0.5, 0.6) is 5.75 Å². The highest BCUT2D eigenvalue weighted by Gasteiger charge is 2.32. The van der Waals surface area contributed by atoms with Gasteiger partial charge in [-0.15, -0.1) is 0 Å². The number of carbonyl (C=O) groups excluding carboxylic acids is 2. The fourth-order valence-corrected chi connectivity index (χ4v) is 4.56. The number of aliphatic hydroxyl groups is 1. The lowest BCUT2D eigenvalue weighted by atomic mass is 9.87. The van der Waals surface area contributed by atoms with Gasteiger partial charge in [0.15, 0.2) is 0 Å². The Balaban J connectivity index is 1.71. The van der Waals surface area contributed by atoms with Crippen LogP contribution in [0.2, 0.25) is 0 Å². The number of esters is 1. The van der Waals surface area contributed by atoms with Gasteiger partial charge in [-0.1, -0.05) is 26.8 Å². The highest BCUT2D eigenvalue weighted by atomic mass is 16.5. The third-order valence-electron chi connectivity index (χ3n) is 6.19. The average molecular weight is 475 g/mol. The molecule has 0 spiro atoms. The summed E-state index contributed by atoms with van der Waals surface area (Å²) in [6.45, 7) is 7.44. The van der Waals surface area contributed by atoms with Crippen LogP contribution in [0.15, 0.2) is 24.3 Å². The van der Waals surface area contributed by atoms with Gasteiger partial charge in [0.25, 0.3) is 0 Å². The SMILES string of the molecule is COC(=O)[C@H](C[C@@H]1CCNC1=O)NC[C@H](CC(C)(C)C)NC(O)c1cc2c(OC)cccc2[nH]1. The van der Waals surface area contributed by atoms with E-state index in [9.17, 15) is 14.7 Å². The number of methoxy groups -OCH3 is 2. The molecule has 34 heavy (non-hydrogen) atoms. The van der Waals surface area contributed by atoms with Gasteiger partial charge in [0.2, 0.25) is 5.91 Å². The Morgan fingerprint density at radius 1 is 1.29 bits per heavy atom. The molecule has 4 atom stereocenters. The summed E-state index contributed by atoms with van der Waals surface area (Å²) in [5.74, 6) is 0.108. The number of nitrogens with one attached hydrogen (secondary N) is 4. The Labute approximate surface area is 201 Å². The maximum Gasteiger partial charge on any atom is 0.322 e. The molecule has 0 saturated carbocycles. The van der Waals surface area contributed by atoms with Crippen molar-refractivity contribution in [1.29, 1.82) is 0 Å². The van der Waals surface area contributed by atoms with Gasteiger partial charge in [-0.3, -0.25) is 14.9 Å². The lowest BCUT2D eigenvalue weighted by Crippen LogP contribution is -2.48. The highest BCUT2D eigenvalue weighted by Crippen LogP contribution is 2.28. The Morgan fingerprint density at radius 2 is 2.06 bits per heavy atom. The normalized spacial score (nSPS) is 19.0. The molecule has 3 rings (SSSR count). The van der Waals surface area contributed by atoms with Crippen molar-refractivity contribution in [2.24, 2.45) is 11.3 Å². The molecule has 9 nitrogen and oxygen atoms in total. The first-order chi connectivity index (χ1) is 16.1. The van der Waals surface area contributed by atoms with Crippen LogP contribution in [-0.2, 0) is 14.3 Å². The molecule has 5 N–H and O–H groups in total. The van der Waals surface area contributed by atoms with Gasteiger partial charge in [-0.05, 0) is 42.9 Å². The van der Waals surface area contributed by atoms with Crippen molar-refractivity contribution in [1.82, 2.24) is 20.9 Å². The second kappa shape index (κ2) is 11.2. The molecule has 0 aliphatic carbocycles. The van der Waals surface area contributed by atoms with Crippen molar-refractivity contribution < 1.29 is 24.2 Å². The summed E-state index contributed by atoms with van der Waals surface area (Å²) in [6, 6.07) is 6.84. The minimum atomic E-state index is -0.941. The fraction of sp³-hybridized carbons (Fsp3) is 0.600. The van der Waals surface area contributed by atoms with Gasteiger partial charge in [-0.2, -0.15) is 0 Å². The van der Waals surface area contributed by atoms with Gasteiger partial charge >= 0.3 is 5.97 Å². The van der Waals surface area contributed by atoms with Crippen LogP contribution in [-0.4, -0.2) is 61.4 Å². The Morgan fingerprint density at radius 3 is 2.68 bits per heavy atom. The number of aromatic nitrogens is 1. The molecule has 188 valence electrons. The van der Waals surface area contributed by atoms with Gasteiger partial charge in [0.1, 0.15) is 18.0 Å². The first-order valence-corrected chi connectivity index (χ1v) is 11.8. The number of hydrogen-bond donors (Lipinski definition) is 5. The van der Waals surface area contributed by atoms with Gasteiger partial charge in [-0.25, -0.2) is 0 Å². The van der Waals surface area contributed by atoms with Gasteiger partial charge in [0.05, 0.1) is 19.9 Å². The average Bonchev–Trinajstić information content (AvgIpc) is 3.40. The van der Waals surface area contributed by atoms with E-state index in [1.165, 1.54) is 7.11 Å². The van der Waals surface area contributed by atoms with E-state index in [4.69, 9.17) is 9.47 Å². The van der Waals surface area contributed by atoms with Crippen molar-refractivity contribution in [2.75, 3.05) is 27.3 Å². The summed E-state index contributed by atoms with van der Waals surface area (Å²) in [7, 11) is 2.97. The van der Waals surface area contributed by atoms with Crippen molar-refractivity contribution in [3.8, 4) is 5.75 Å². The number of H-pyrrole nitrogens is 1. The molecule has 0 bridgehead atoms. The molecule has 1 saturated heterocycles. The van der Waals surface area contributed by atoms with Crippen molar-refractivity contribution in [3.05, 3.63) is 30.0 Å². The van der Waals surface area contributed by atoms with Crippen LogP contribution in [0.3, 0.4) is 0 Å². The number of fused-ring (bicyclic) bond motifs is 1. The second-order valence-electron chi connectivity index (χ2n) is 10.2. The number of ether oxygens (including phenoxy) is 2. The predicted molar refractivity (Wildman–Crippen MR) is 130 cm³/mol. The van der Waals surface area contributed by atoms with E-state index in [1.807, 2.05) is 24.3 Å². The molecule has 9 heteroatoms. The number of aromatic amines is 1. The van der Waals surface area contributed by atoms with Crippen molar-refractivity contribution in [2.45, 2.75) is 58.3 Å². The molecule has 1 fully saturated rings. The summed E-state index contributed by atoms with van der Waals surface area (Å²) in [4.78, 5) is 27.7. The van der Waals surface area contributed by atoms with E-state index in [0.717, 1.165) is 23.1 Å². The molecule has 1 aliphatic heterocycles. The van der Waals surface area contributed by atoms with Crippen LogP contribution in [0.1, 0.15) is 52.0 Å². The van der Waals surface area contributed by atoms with E-state index in [1.54, 1.807) is 7.11 Å². The first-order valence-electron chi connectivity index (χ1n) is 11.8. The topological polar surface area (TPSA) is 125 Å². The maximum atomic E-state index is 12.4. The minimum absolute atomic E-state index is 0.0190. The molecule has 1 aromatic heterocycles. The minimum Gasteiger partial charge on any atom is -0.496 e. The van der Waals surface area contributed by atoms with E-state index >= 15 is 0 Å². The number of rotatable bonds is 11. The van der Waals surface area contributed by atoms with Crippen molar-refractivity contribution in [3.63, 3.8) is 0 Å². The molecule has 2 heterocycles. The number of benzene rings is 1. The van der Waals surface area contributed by atoms with Crippen LogP contribution in [0.4, 0.5) is 0 Å². The van der Waals surface area contributed by atoms with Crippen molar-refractivity contribution >= 4 is 22.8 Å². The van der Waals surface area contributed by atoms with Crippen LogP contribution >= 0.6 is 0 Å². The van der Waals surface area contributed by atoms with Crippen LogP contribution < -0.4 is 20.7 Å². The largest absolute Gasteiger partial charge is 0.496 e. The number of aliphatic hydroxyl groups excluding tert-OH is 1. The molecule has 0 radical (unpaired) electrons. The number of amides is 1. The molecule has 1 unspecified atom stereocenters. The molecular formula is C25H38N4O5. The molecule has 1 amide bonds. The van der Waals surface area contributed by atoms with Gasteiger partial charge < -0.3 is 30.2 Å². The molecular weight excluding hydrogens is 436 g/mol. The summed E-state index contributed by atoms with van der Waals surface area (Å²) in [5, 5.41) is 21.3. The molecule has 1 aromatic carbocycles. The monoisotopic (exact) mass is 474 g/mol. The number of carbonyl (C=O) groups is 2. The van der Waals surface area contributed by atoms with E-state index in [2.05, 4.69) is 41.7 Å². The van der Waals surface area contributed by atoms with Crippen LogP contribution in [0.25, 0.3) is 10.9 Å². The van der Waals surface area contributed by atoms with Gasteiger partial charge in [0, 0.05) is 36.0 Å². The summed E-state index contributed by atoms with van der Waals surface area (Å²) in [5.41, 5.74) is 1.49. The Bertz CT molecular complexity index is 983. The zero-order chi connectivity index (χ0) is 24.9. The summed E-state index contributed by atoms with van der Waals surface area (Å²) < 4.78 is 10.4. The Hall–Kier alpha value is -2.62. The quantitative estimate of drug-likeness (QED) is 0.250. The number of hydrogen-bond acceptors (Lipinski definition) is 7. The second-order valence-corrected chi connectivity index (χ2v) is 10.2. The zero-order valence-electron chi connectivity index (χ0n) is 20.7. The van der Waals surface area contributed by atoms with Crippen LogP contribution in [0, 0.1) is 11.3 Å². The standard InChI is InChI=1S/C25H38N4O5/c1-25(2,3)13-16(14-27-20(24(32)34-5)11-15-9-10-26-22(15)30)28-23(31)19-12-17-18(29-19)7-6-8-21(17)33-4/h6-8,12,15-16,20,23,27-29,31H,9-11,13-14H2,1-5H3,(H,26,30)/t15-,16-,20-,23?/m0/s1. The third kappa shape index (κ3) is 6.71. The smallest absolute Gasteiger partial charge is 0.322 e. The van der Waals surface area contributed by atoms with E-state index < -0.39 is 18.2 Å². The lowest BCUT2D eigenvalue weighted by Gasteiger charge is -2.30. The third-order valence-corrected chi connectivity index (χ3v) is 6.19. The molecule has 1 aliphatic rings. The highest BCUT2D eigenvalue weighted by molar-refractivity contribution is 5.86. The fourth-order valence-electron chi connectivity index (χ4n) is 4.56. The predicted octanol–water partition coefficient (Wildman–Crippen LogP) is 2.22. The maximum absolute atomic E-state index is 12.4. The van der Waals surface area contributed by atoms with E-state index in [0.29, 0.717) is 31.6 Å². The molecule has 2 aromatic rings. The summed E-state index contributed by atoms with van der Waals surface area (Å²) in [6.07, 6.45) is 0.896. The summed E-state index contributed by atoms with van der Waals surface area (Å²) >= 11 is 0.